The first kappa shape index (κ1) is 15.4. The summed E-state index contributed by atoms with van der Waals surface area (Å²) in [7, 11) is 3.40. The highest BCUT2D eigenvalue weighted by molar-refractivity contribution is 5.78. The molecule has 0 heterocycles. The van der Waals surface area contributed by atoms with E-state index in [0.717, 1.165) is 12.8 Å². The van der Waals surface area contributed by atoms with Gasteiger partial charge < -0.3 is 20.1 Å². The molecule has 18 heavy (non-hydrogen) atoms. The van der Waals surface area contributed by atoms with E-state index >= 15 is 0 Å². The summed E-state index contributed by atoms with van der Waals surface area (Å²) in [6, 6.07) is 0.354. The van der Waals surface area contributed by atoms with Gasteiger partial charge in [0.05, 0.1) is 12.6 Å². The third kappa shape index (κ3) is 3.93. The van der Waals surface area contributed by atoms with Crippen LogP contribution in [-0.4, -0.2) is 52.0 Å². The Kier molecular flexibility index (Phi) is 6.05. The van der Waals surface area contributed by atoms with Crippen LogP contribution in [0.1, 0.15) is 26.7 Å². The number of nitrogens with one attached hydrogen (secondary N) is 2. The van der Waals surface area contributed by atoms with E-state index in [4.69, 9.17) is 9.47 Å². The fourth-order valence-electron chi connectivity index (χ4n) is 2.35. The van der Waals surface area contributed by atoms with Gasteiger partial charge in [-0.3, -0.25) is 4.79 Å². The topological polar surface area (TPSA) is 59.6 Å². The summed E-state index contributed by atoms with van der Waals surface area (Å²) in [6.45, 7) is 6.05. The Labute approximate surface area is 110 Å². The van der Waals surface area contributed by atoms with Gasteiger partial charge in [0, 0.05) is 38.8 Å². The molecule has 2 N–H and O–H groups in total. The average molecular weight is 258 g/mol. The van der Waals surface area contributed by atoms with E-state index < -0.39 is 0 Å². The van der Waals surface area contributed by atoms with E-state index in [9.17, 15) is 4.79 Å². The fourth-order valence-corrected chi connectivity index (χ4v) is 2.35. The van der Waals surface area contributed by atoms with Crippen LogP contribution in [0, 0.1) is 5.41 Å². The lowest BCUT2D eigenvalue weighted by Gasteiger charge is -2.51. The Bertz CT molecular complexity index is 269. The minimum absolute atomic E-state index is 0.0442. The van der Waals surface area contributed by atoms with Crippen LogP contribution in [0.15, 0.2) is 0 Å². The van der Waals surface area contributed by atoms with Gasteiger partial charge >= 0.3 is 0 Å². The molecule has 1 aliphatic carbocycles. The van der Waals surface area contributed by atoms with Crippen LogP contribution in [0.4, 0.5) is 0 Å². The fraction of sp³-hybridized carbons (Fsp3) is 0.923. The molecule has 5 nitrogen and oxygen atoms in total. The quantitative estimate of drug-likeness (QED) is 0.624. The van der Waals surface area contributed by atoms with Crippen molar-refractivity contribution in [3.05, 3.63) is 0 Å². The summed E-state index contributed by atoms with van der Waals surface area (Å²) in [5.74, 6) is 0.0442. The molecule has 1 fully saturated rings. The number of hydrogen-bond donors (Lipinski definition) is 2. The number of amides is 1. The first-order valence-electron chi connectivity index (χ1n) is 6.54. The zero-order chi connectivity index (χ0) is 13.6. The van der Waals surface area contributed by atoms with Crippen LogP contribution in [0.2, 0.25) is 0 Å². The highest BCUT2D eigenvalue weighted by Crippen LogP contribution is 2.42. The zero-order valence-electron chi connectivity index (χ0n) is 11.9. The van der Waals surface area contributed by atoms with Crippen molar-refractivity contribution in [3.8, 4) is 0 Å². The summed E-state index contributed by atoms with van der Waals surface area (Å²) in [5, 5.41) is 6.15. The summed E-state index contributed by atoms with van der Waals surface area (Å²) in [6.07, 6.45) is 2.11. The maximum atomic E-state index is 11.6. The minimum atomic E-state index is 0.0442. The maximum Gasteiger partial charge on any atom is 0.233 e. The van der Waals surface area contributed by atoms with Crippen LogP contribution in [0.3, 0.4) is 0 Å². The number of carbonyl (C=O) groups excluding carboxylic acids is 1. The standard InChI is InChI=1S/C13H26N2O3/c1-13(2)10(8-11(13)18-4)15-9-12(16)14-6-5-7-17-3/h10-11,15H,5-9H2,1-4H3,(H,14,16). The second kappa shape index (κ2) is 7.07. The summed E-state index contributed by atoms with van der Waals surface area (Å²) >= 11 is 0. The molecule has 0 aromatic carbocycles. The van der Waals surface area contributed by atoms with Crippen molar-refractivity contribution >= 4 is 5.91 Å². The van der Waals surface area contributed by atoms with E-state index in [-0.39, 0.29) is 11.3 Å². The molecule has 0 aliphatic heterocycles. The summed E-state index contributed by atoms with van der Waals surface area (Å²) < 4.78 is 10.3. The molecule has 1 aliphatic rings. The summed E-state index contributed by atoms with van der Waals surface area (Å²) in [5.41, 5.74) is 0.102. The van der Waals surface area contributed by atoms with Crippen LogP contribution >= 0.6 is 0 Å². The Morgan fingerprint density at radius 2 is 2.11 bits per heavy atom. The molecule has 1 rings (SSSR count). The van der Waals surface area contributed by atoms with Crippen LogP contribution in [0.5, 0.6) is 0 Å². The van der Waals surface area contributed by atoms with E-state index in [1.54, 1.807) is 14.2 Å². The number of methoxy groups -OCH3 is 2. The Morgan fingerprint density at radius 1 is 1.39 bits per heavy atom. The maximum absolute atomic E-state index is 11.6. The van der Waals surface area contributed by atoms with Crippen LogP contribution in [-0.2, 0) is 14.3 Å². The van der Waals surface area contributed by atoms with Crippen LogP contribution in [0.25, 0.3) is 0 Å². The van der Waals surface area contributed by atoms with E-state index in [2.05, 4.69) is 24.5 Å². The predicted molar refractivity (Wildman–Crippen MR) is 70.5 cm³/mol. The molecule has 1 saturated carbocycles. The lowest BCUT2D eigenvalue weighted by molar-refractivity contribution is -0.123. The van der Waals surface area contributed by atoms with Crippen molar-refractivity contribution in [3.63, 3.8) is 0 Å². The van der Waals surface area contributed by atoms with Crippen LogP contribution < -0.4 is 10.6 Å². The van der Waals surface area contributed by atoms with Gasteiger partial charge in [-0.15, -0.1) is 0 Å². The van der Waals surface area contributed by atoms with Crippen molar-refractivity contribution in [2.75, 3.05) is 33.9 Å². The largest absolute Gasteiger partial charge is 0.385 e. The highest BCUT2D eigenvalue weighted by Gasteiger charge is 2.48. The van der Waals surface area contributed by atoms with E-state index in [0.29, 0.717) is 31.8 Å². The van der Waals surface area contributed by atoms with Gasteiger partial charge in [-0.1, -0.05) is 13.8 Å². The SMILES string of the molecule is COCCCNC(=O)CNC1CC(OC)C1(C)C. The van der Waals surface area contributed by atoms with Gasteiger partial charge in [0.25, 0.3) is 0 Å². The molecule has 0 spiro atoms. The van der Waals surface area contributed by atoms with Gasteiger partial charge in [-0.25, -0.2) is 0 Å². The Balaban J connectivity index is 2.12. The molecule has 2 unspecified atom stereocenters. The number of hydrogen-bond acceptors (Lipinski definition) is 4. The lowest BCUT2D eigenvalue weighted by Crippen LogP contribution is -2.61. The van der Waals surface area contributed by atoms with Crippen molar-refractivity contribution in [1.82, 2.24) is 10.6 Å². The number of carbonyl (C=O) groups is 1. The van der Waals surface area contributed by atoms with Crippen molar-refractivity contribution < 1.29 is 14.3 Å². The van der Waals surface area contributed by atoms with Crippen molar-refractivity contribution in [1.29, 1.82) is 0 Å². The molecule has 106 valence electrons. The molecule has 2 atom stereocenters. The van der Waals surface area contributed by atoms with Gasteiger partial charge in [-0.05, 0) is 12.8 Å². The summed E-state index contributed by atoms with van der Waals surface area (Å²) in [4.78, 5) is 11.6. The predicted octanol–water partition coefficient (Wildman–Crippen LogP) is 0.542. The van der Waals surface area contributed by atoms with Gasteiger partial charge in [0.1, 0.15) is 0 Å². The second-order valence-electron chi connectivity index (χ2n) is 5.41. The third-order valence-corrected chi connectivity index (χ3v) is 3.82. The molecule has 0 aromatic heterocycles. The first-order chi connectivity index (χ1) is 8.52. The molecular formula is C13H26N2O3. The molecule has 0 radical (unpaired) electrons. The van der Waals surface area contributed by atoms with Gasteiger partial charge in [0.15, 0.2) is 0 Å². The van der Waals surface area contributed by atoms with E-state index in [1.165, 1.54) is 0 Å². The molecule has 0 aromatic rings. The second-order valence-corrected chi connectivity index (χ2v) is 5.41. The number of ether oxygens (including phenoxy) is 2. The molecule has 1 amide bonds. The van der Waals surface area contributed by atoms with Gasteiger partial charge in [0.2, 0.25) is 5.91 Å². The molecular weight excluding hydrogens is 232 g/mol. The van der Waals surface area contributed by atoms with Gasteiger partial charge in [-0.2, -0.15) is 0 Å². The van der Waals surface area contributed by atoms with E-state index in [1.807, 2.05) is 0 Å². The average Bonchev–Trinajstić information content (AvgIpc) is 2.33. The molecule has 0 saturated heterocycles. The highest BCUT2D eigenvalue weighted by atomic mass is 16.5. The number of rotatable bonds is 8. The Hall–Kier alpha value is -0.650. The molecule has 5 heteroatoms. The van der Waals surface area contributed by atoms with Crippen molar-refractivity contribution in [2.45, 2.75) is 38.8 Å². The monoisotopic (exact) mass is 258 g/mol. The smallest absolute Gasteiger partial charge is 0.233 e. The lowest BCUT2D eigenvalue weighted by atomic mass is 9.64. The third-order valence-electron chi connectivity index (χ3n) is 3.82. The Morgan fingerprint density at radius 3 is 2.67 bits per heavy atom. The van der Waals surface area contributed by atoms with Crippen molar-refractivity contribution in [2.24, 2.45) is 5.41 Å². The molecule has 0 bridgehead atoms. The normalized spacial score (nSPS) is 25.6. The zero-order valence-corrected chi connectivity index (χ0v) is 11.9. The first-order valence-corrected chi connectivity index (χ1v) is 6.54. The minimum Gasteiger partial charge on any atom is -0.385 e.